The molecule has 2 aromatic carbocycles. The second kappa shape index (κ2) is 4.88. The third-order valence-electron chi connectivity index (χ3n) is 2.95. The number of allylic oxidation sites excluding steroid dienone is 1. The Morgan fingerprint density at radius 1 is 0.833 bits per heavy atom. The number of hydrogen-bond acceptors (Lipinski definition) is 2. The largest absolute Gasteiger partial charge is 0.327 e. The average Bonchev–Trinajstić information content (AvgIpc) is 2.49. The lowest BCUT2D eigenvalue weighted by Gasteiger charge is -2.22. The normalized spacial score (nSPS) is 14.4. The number of benzene rings is 2. The minimum atomic E-state index is 0.681. The Bertz CT molecular complexity index is 571. The molecule has 0 amide bonds. The summed E-state index contributed by atoms with van der Waals surface area (Å²) in [5.74, 6) is 0. The lowest BCUT2D eigenvalue weighted by Crippen LogP contribution is -2.20. The standard InChI is InChI=1S/C16H14N2/c1-3-7-14(8-4-1)15-11-17-13-18(12-15)16-9-5-2-6-10-16/h1-12H,13H2. The molecule has 0 aromatic heterocycles. The minimum Gasteiger partial charge on any atom is -0.327 e. The molecule has 1 aliphatic heterocycles. The van der Waals surface area contributed by atoms with Gasteiger partial charge in [-0.05, 0) is 17.7 Å². The third kappa shape index (κ3) is 2.18. The molecule has 2 nitrogen and oxygen atoms in total. The van der Waals surface area contributed by atoms with Gasteiger partial charge in [-0.25, -0.2) is 0 Å². The van der Waals surface area contributed by atoms with Gasteiger partial charge in [-0.2, -0.15) is 0 Å². The van der Waals surface area contributed by atoms with E-state index in [-0.39, 0.29) is 0 Å². The summed E-state index contributed by atoms with van der Waals surface area (Å²) in [4.78, 5) is 6.58. The van der Waals surface area contributed by atoms with Gasteiger partial charge < -0.3 is 4.90 Å². The first-order valence-electron chi connectivity index (χ1n) is 6.02. The van der Waals surface area contributed by atoms with Crippen LogP contribution >= 0.6 is 0 Å². The van der Waals surface area contributed by atoms with E-state index in [1.165, 1.54) is 11.3 Å². The van der Waals surface area contributed by atoms with Crippen molar-refractivity contribution in [3.05, 3.63) is 72.4 Å². The fraction of sp³-hybridized carbons (Fsp3) is 0.0625. The zero-order valence-electron chi connectivity index (χ0n) is 10.0. The highest BCUT2D eigenvalue weighted by Crippen LogP contribution is 2.21. The summed E-state index contributed by atoms with van der Waals surface area (Å²) in [7, 11) is 0. The molecule has 0 radical (unpaired) electrons. The second-order valence-corrected chi connectivity index (χ2v) is 4.21. The Morgan fingerprint density at radius 3 is 2.22 bits per heavy atom. The smallest absolute Gasteiger partial charge is 0.114 e. The van der Waals surface area contributed by atoms with E-state index >= 15 is 0 Å². The Kier molecular flexibility index (Phi) is 2.92. The maximum absolute atomic E-state index is 4.43. The Morgan fingerprint density at radius 2 is 1.50 bits per heavy atom. The first-order chi connectivity index (χ1) is 8.93. The molecule has 0 spiro atoms. The first kappa shape index (κ1) is 10.8. The molecule has 0 saturated carbocycles. The topological polar surface area (TPSA) is 15.6 Å². The zero-order chi connectivity index (χ0) is 12.2. The van der Waals surface area contributed by atoms with Crippen molar-refractivity contribution in [3.8, 4) is 0 Å². The van der Waals surface area contributed by atoms with Crippen LogP contribution in [0.3, 0.4) is 0 Å². The zero-order valence-corrected chi connectivity index (χ0v) is 10.0. The predicted octanol–water partition coefficient (Wildman–Crippen LogP) is 3.58. The van der Waals surface area contributed by atoms with E-state index in [0.29, 0.717) is 6.67 Å². The van der Waals surface area contributed by atoms with Gasteiger partial charge in [-0.15, -0.1) is 0 Å². The Balaban J connectivity index is 1.93. The Labute approximate surface area is 107 Å². The highest BCUT2D eigenvalue weighted by atomic mass is 15.2. The monoisotopic (exact) mass is 234 g/mol. The van der Waals surface area contributed by atoms with E-state index < -0.39 is 0 Å². The molecule has 0 atom stereocenters. The van der Waals surface area contributed by atoms with Gasteiger partial charge in [0.25, 0.3) is 0 Å². The highest BCUT2D eigenvalue weighted by molar-refractivity contribution is 6.11. The molecule has 0 N–H and O–H groups in total. The molecule has 0 saturated heterocycles. The number of hydrogen-bond donors (Lipinski definition) is 0. The average molecular weight is 234 g/mol. The van der Waals surface area contributed by atoms with Gasteiger partial charge in [0.2, 0.25) is 0 Å². The fourth-order valence-corrected chi connectivity index (χ4v) is 2.02. The van der Waals surface area contributed by atoms with Gasteiger partial charge in [-0.3, -0.25) is 4.99 Å². The van der Waals surface area contributed by atoms with E-state index in [2.05, 4.69) is 40.4 Å². The summed E-state index contributed by atoms with van der Waals surface area (Å²) in [6, 6.07) is 20.6. The molecule has 0 fully saturated rings. The maximum atomic E-state index is 4.43. The third-order valence-corrected chi connectivity index (χ3v) is 2.95. The maximum Gasteiger partial charge on any atom is 0.114 e. The van der Waals surface area contributed by atoms with Crippen LogP contribution in [0.2, 0.25) is 0 Å². The molecule has 2 aromatic rings. The highest BCUT2D eigenvalue weighted by Gasteiger charge is 2.08. The van der Waals surface area contributed by atoms with Crippen LogP contribution in [0.1, 0.15) is 5.56 Å². The number of rotatable bonds is 2. The minimum absolute atomic E-state index is 0.681. The van der Waals surface area contributed by atoms with E-state index in [1.807, 2.05) is 42.6 Å². The summed E-state index contributed by atoms with van der Waals surface area (Å²) in [5.41, 5.74) is 3.51. The molecular weight excluding hydrogens is 220 g/mol. The molecule has 88 valence electrons. The summed E-state index contributed by atoms with van der Waals surface area (Å²) < 4.78 is 0. The molecular formula is C16H14N2. The van der Waals surface area contributed by atoms with E-state index in [9.17, 15) is 0 Å². The van der Waals surface area contributed by atoms with Crippen LogP contribution in [-0.4, -0.2) is 12.9 Å². The van der Waals surface area contributed by atoms with Crippen LogP contribution in [0.25, 0.3) is 5.57 Å². The van der Waals surface area contributed by atoms with Gasteiger partial charge in [0, 0.05) is 23.7 Å². The lowest BCUT2D eigenvalue weighted by molar-refractivity contribution is 0.973. The van der Waals surface area contributed by atoms with Gasteiger partial charge in [-0.1, -0.05) is 48.5 Å². The van der Waals surface area contributed by atoms with Crippen LogP contribution in [0.5, 0.6) is 0 Å². The second-order valence-electron chi connectivity index (χ2n) is 4.21. The molecule has 3 rings (SSSR count). The number of para-hydroxylation sites is 1. The van der Waals surface area contributed by atoms with E-state index in [0.717, 1.165) is 5.57 Å². The molecule has 0 bridgehead atoms. The molecule has 2 heteroatoms. The molecule has 18 heavy (non-hydrogen) atoms. The SMILES string of the molecule is C1=NCN(c2ccccc2)C=C1c1ccccc1. The van der Waals surface area contributed by atoms with Gasteiger partial charge >= 0.3 is 0 Å². The van der Waals surface area contributed by atoms with Crippen molar-refractivity contribution < 1.29 is 0 Å². The van der Waals surface area contributed by atoms with Crippen LogP contribution in [0, 0.1) is 0 Å². The first-order valence-corrected chi connectivity index (χ1v) is 6.02. The van der Waals surface area contributed by atoms with Crippen molar-refractivity contribution in [2.75, 3.05) is 11.6 Å². The predicted molar refractivity (Wildman–Crippen MR) is 76.7 cm³/mol. The number of aliphatic imine (C=N–C) groups is 1. The van der Waals surface area contributed by atoms with Gasteiger partial charge in [0.1, 0.15) is 6.67 Å². The van der Waals surface area contributed by atoms with Gasteiger partial charge in [0.05, 0.1) is 0 Å². The van der Waals surface area contributed by atoms with Crippen LogP contribution in [0.4, 0.5) is 5.69 Å². The molecule has 1 aliphatic rings. The van der Waals surface area contributed by atoms with Crippen molar-refractivity contribution in [1.82, 2.24) is 0 Å². The van der Waals surface area contributed by atoms with Crippen LogP contribution in [0.15, 0.2) is 71.9 Å². The number of anilines is 1. The molecule has 0 unspecified atom stereocenters. The molecule has 1 heterocycles. The van der Waals surface area contributed by atoms with Crippen molar-refractivity contribution in [3.63, 3.8) is 0 Å². The van der Waals surface area contributed by atoms with Crippen LogP contribution in [-0.2, 0) is 0 Å². The Hall–Kier alpha value is -2.35. The van der Waals surface area contributed by atoms with E-state index in [1.54, 1.807) is 0 Å². The lowest BCUT2D eigenvalue weighted by atomic mass is 10.1. The summed E-state index contributed by atoms with van der Waals surface area (Å²) in [6.45, 7) is 0.681. The van der Waals surface area contributed by atoms with Crippen molar-refractivity contribution in [1.29, 1.82) is 0 Å². The summed E-state index contributed by atoms with van der Waals surface area (Å²) in [6.07, 6.45) is 4.09. The summed E-state index contributed by atoms with van der Waals surface area (Å²) >= 11 is 0. The summed E-state index contributed by atoms with van der Waals surface area (Å²) in [5, 5.41) is 0. The van der Waals surface area contributed by atoms with Gasteiger partial charge in [0.15, 0.2) is 0 Å². The van der Waals surface area contributed by atoms with E-state index in [4.69, 9.17) is 0 Å². The van der Waals surface area contributed by atoms with Crippen molar-refractivity contribution in [2.45, 2.75) is 0 Å². The quantitative estimate of drug-likeness (QED) is 0.775. The van der Waals surface area contributed by atoms with Crippen LogP contribution < -0.4 is 4.90 Å². The van der Waals surface area contributed by atoms with Crippen molar-refractivity contribution in [2.24, 2.45) is 4.99 Å². The van der Waals surface area contributed by atoms with Crippen molar-refractivity contribution >= 4 is 17.5 Å². The number of nitrogens with zero attached hydrogens (tertiary/aromatic N) is 2. The fourth-order valence-electron chi connectivity index (χ4n) is 2.02. The molecule has 0 aliphatic carbocycles.